The minimum atomic E-state index is -0.344. The van der Waals surface area contributed by atoms with Gasteiger partial charge >= 0.3 is 0 Å². The molecule has 2 aromatic carbocycles. The predicted octanol–water partition coefficient (Wildman–Crippen LogP) is 3.73. The molecule has 0 saturated carbocycles. The molecule has 0 aliphatic carbocycles. The van der Waals surface area contributed by atoms with E-state index >= 15 is 0 Å². The molecule has 156 valence electrons. The summed E-state index contributed by atoms with van der Waals surface area (Å²) in [6.07, 6.45) is 0.535. The average Bonchev–Trinajstić information content (AvgIpc) is 2.76. The maximum atomic E-state index is 13.3. The number of aryl methyl sites for hydroxylation is 1. The molecule has 1 aromatic heterocycles. The summed E-state index contributed by atoms with van der Waals surface area (Å²) in [7, 11) is 3.23. The fraction of sp³-hybridized carbons (Fsp3) is 0.250. The van der Waals surface area contributed by atoms with Gasteiger partial charge in [0.05, 0.1) is 7.11 Å². The SMILES string of the molecule is COc1ccccc1CN(CCc1ccc(F)cc1)C(=O)c1ccc(C)n(C)c1=O. The number of pyridine rings is 1. The molecule has 1 heterocycles. The van der Waals surface area contributed by atoms with Crippen molar-refractivity contribution in [3.63, 3.8) is 0 Å². The molecule has 0 atom stereocenters. The third-order valence-corrected chi connectivity index (χ3v) is 5.21. The van der Waals surface area contributed by atoms with Crippen molar-refractivity contribution in [2.75, 3.05) is 13.7 Å². The number of methoxy groups -OCH3 is 1. The molecule has 0 spiro atoms. The minimum Gasteiger partial charge on any atom is -0.496 e. The summed E-state index contributed by atoms with van der Waals surface area (Å²) in [5.41, 5.74) is 2.32. The Bertz CT molecular complexity index is 1090. The molecule has 6 heteroatoms. The molecule has 3 aromatic rings. The minimum absolute atomic E-state index is 0.122. The average molecular weight is 408 g/mol. The Morgan fingerprint density at radius 3 is 2.47 bits per heavy atom. The van der Waals surface area contributed by atoms with Gasteiger partial charge in [0.15, 0.2) is 0 Å². The van der Waals surface area contributed by atoms with Crippen molar-refractivity contribution in [3.05, 3.63) is 99.2 Å². The lowest BCUT2D eigenvalue weighted by atomic mass is 10.1. The summed E-state index contributed by atoms with van der Waals surface area (Å²) in [6.45, 7) is 2.48. The highest BCUT2D eigenvalue weighted by molar-refractivity contribution is 5.94. The number of carbonyl (C=O) groups excluding carboxylic acids is 1. The number of aromatic nitrogens is 1. The highest BCUT2D eigenvalue weighted by Gasteiger charge is 2.21. The van der Waals surface area contributed by atoms with Crippen molar-refractivity contribution in [1.82, 2.24) is 9.47 Å². The zero-order chi connectivity index (χ0) is 21.7. The van der Waals surface area contributed by atoms with Gasteiger partial charge in [0, 0.05) is 31.4 Å². The van der Waals surface area contributed by atoms with E-state index in [2.05, 4.69) is 0 Å². The van der Waals surface area contributed by atoms with Crippen LogP contribution in [-0.4, -0.2) is 29.0 Å². The largest absolute Gasteiger partial charge is 0.496 e. The molecule has 5 nitrogen and oxygen atoms in total. The number of carbonyl (C=O) groups is 1. The molecule has 0 unspecified atom stereocenters. The van der Waals surface area contributed by atoms with Crippen LogP contribution in [0.1, 0.15) is 27.2 Å². The maximum Gasteiger partial charge on any atom is 0.263 e. The van der Waals surface area contributed by atoms with Crippen molar-refractivity contribution >= 4 is 5.91 Å². The third kappa shape index (κ3) is 4.76. The van der Waals surface area contributed by atoms with E-state index in [1.165, 1.54) is 16.7 Å². The Balaban J connectivity index is 1.91. The second-order valence-electron chi connectivity index (χ2n) is 7.17. The number of benzene rings is 2. The summed E-state index contributed by atoms with van der Waals surface area (Å²) in [5, 5.41) is 0. The van der Waals surface area contributed by atoms with Gasteiger partial charge < -0.3 is 14.2 Å². The first-order chi connectivity index (χ1) is 14.4. The van der Waals surface area contributed by atoms with E-state index in [0.717, 1.165) is 16.8 Å². The number of nitrogens with zero attached hydrogens (tertiary/aromatic N) is 2. The van der Waals surface area contributed by atoms with Crippen LogP contribution in [0.5, 0.6) is 5.75 Å². The molecule has 0 aliphatic rings. The summed E-state index contributed by atoms with van der Waals surface area (Å²) in [4.78, 5) is 27.6. The van der Waals surface area contributed by atoms with Crippen LogP contribution in [0.4, 0.5) is 4.39 Å². The number of halogens is 1. The maximum absolute atomic E-state index is 13.3. The van der Waals surface area contributed by atoms with Gasteiger partial charge in [-0.25, -0.2) is 4.39 Å². The summed E-state index contributed by atoms with van der Waals surface area (Å²) in [5.74, 6) is 0.0290. The molecular formula is C24H25FN2O3. The molecule has 0 saturated heterocycles. The molecule has 3 rings (SSSR count). The number of ether oxygens (including phenoxy) is 1. The van der Waals surface area contributed by atoms with Crippen LogP contribution in [-0.2, 0) is 20.0 Å². The number of hydrogen-bond donors (Lipinski definition) is 0. The fourth-order valence-electron chi connectivity index (χ4n) is 3.27. The van der Waals surface area contributed by atoms with Crippen LogP contribution in [0.2, 0.25) is 0 Å². The van der Waals surface area contributed by atoms with Gasteiger partial charge in [-0.3, -0.25) is 9.59 Å². The topological polar surface area (TPSA) is 51.5 Å². The van der Waals surface area contributed by atoms with E-state index in [4.69, 9.17) is 4.74 Å². The van der Waals surface area contributed by atoms with Gasteiger partial charge in [0.1, 0.15) is 17.1 Å². The fourth-order valence-corrected chi connectivity index (χ4v) is 3.27. The molecule has 1 amide bonds. The van der Waals surface area contributed by atoms with Gasteiger partial charge in [0.2, 0.25) is 0 Å². The quantitative estimate of drug-likeness (QED) is 0.599. The van der Waals surface area contributed by atoms with Crippen LogP contribution in [0.25, 0.3) is 0 Å². The second kappa shape index (κ2) is 9.39. The molecular weight excluding hydrogens is 383 g/mol. The van der Waals surface area contributed by atoms with E-state index in [1.807, 2.05) is 31.2 Å². The van der Waals surface area contributed by atoms with Crippen molar-refractivity contribution < 1.29 is 13.9 Å². The predicted molar refractivity (Wildman–Crippen MR) is 114 cm³/mol. The Kier molecular flexibility index (Phi) is 6.67. The third-order valence-electron chi connectivity index (χ3n) is 5.21. The summed E-state index contributed by atoms with van der Waals surface area (Å²) >= 11 is 0. The van der Waals surface area contributed by atoms with Crippen molar-refractivity contribution in [2.24, 2.45) is 7.05 Å². The van der Waals surface area contributed by atoms with E-state index in [-0.39, 0.29) is 22.8 Å². The zero-order valence-electron chi connectivity index (χ0n) is 17.4. The lowest BCUT2D eigenvalue weighted by Crippen LogP contribution is -2.37. The lowest BCUT2D eigenvalue weighted by Gasteiger charge is -2.24. The summed E-state index contributed by atoms with van der Waals surface area (Å²) < 4.78 is 20.1. The summed E-state index contributed by atoms with van der Waals surface area (Å²) in [6, 6.07) is 17.0. The zero-order valence-corrected chi connectivity index (χ0v) is 17.4. The Morgan fingerprint density at radius 2 is 1.77 bits per heavy atom. The first-order valence-corrected chi connectivity index (χ1v) is 9.73. The first-order valence-electron chi connectivity index (χ1n) is 9.73. The van der Waals surface area contributed by atoms with Crippen molar-refractivity contribution in [3.8, 4) is 5.75 Å². The van der Waals surface area contributed by atoms with Gasteiger partial charge in [0.25, 0.3) is 11.5 Å². The molecule has 30 heavy (non-hydrogen) atoms. The van der Waals surface area contributed by atoms with E-state index < -0.39 is 0 Å². The normalized spacial score (nSPS) is 10.7. The molecule has 0 radical (unpaired) electrons. The van der Waals surface area contributed by atoms with E-state index in [9.17, 15) is 14.0 Å². The number of hydrogen-bond acceptors (Lipinski definition) is 3. The van der Waals surface area contributed by atoms with Crippen LogP contribution in [0, 0.1) is 12.7 Å². The van der Waals surface area contributed by atoms with Gasteiger partial charge in [-0.1, -0.05) is 30.3 Å². The van der Waals surface area contributed by atoms with Crippen LogP contribution < -0.4 is 10.3 Å². The Labute approximate surface area is 175 Å². The molecule has 0 N–H and O–H groups in total. The van der Waals surface area contributed by atoms with Crippen LogP contribution >= 0.6 is 0 Å². The van der Waals surface area contributed by atoms with E-state index in [0.29, 0.717) is 25.3 Å². The van der Waals surface area contributed by atoms with Crippen LogP contribution in [0.3, 0.4) is 0 Å². The van der Waals surface area contributed by atoms with E-state index in [1.54, 1.807) is 43.3 Å². The Hall–Kier alpha value is -3.41. The van der Waals surface area contributed by atoms with Crippen molar-refractivity contribution in [1.29, 1.82) is 0 Å². The lowest BCUT2D eigenvalue weighted by molar-refractivity contribution is 0.0741. The Morgan fingerprint density at radius 1 is 1.07 bits per heavy atom. The molecule has 0 fully saturated rings. The number of rotatable bonds is 7. The van der Waals surface area contributed by atoms with Gasteiger partial charge in [-0.15, -0.1) is 0 Å². The first kappa shape index (κ1) is 21.3. The smallest absolute Gasteiger partial charge is 0.263 e. The highest BCUT2D eigenvalue weighted by Crippen LogP contribution is 2.20. The second-order valence-corrected chi connectivity index (χ2v) is 7.17. The number of para-hydroxylation sites is 1. The molecule has 0 bridgehead atoms. The monoisotopic (exact) mass is 408 g/mol. The molecule has 0 aliphatic heterocycles. The number of amides is 1. The highest BCUT2D eigenvalue weighted by atomic mass is 19.1. The van der Waals surface area contributed by atoms with Crippen LogP contribution in [0.15, 0.2) is 65.5 Å². The van der Waals surface area contributed by atoms with Crippen molar-refractivity contribution in [2.45, 2.75) is 19.9 Å². The van der Waals surface area contributed by atoms with Gasteiger partial charge in [-0.05, 0) is 49.2 Å². The van der Waals surface area contributed by atoms with Gasteiger partial charge in [-0.2, -0.15) is 0 Å². The standard InChI is InChI=1S/C24H25FN2O3/c1-17-8-13-21(23(28)26(17)2)24(29)27(15-14-18-9-11-20(25)12-10-18)16-19-6-4-5-7-22(19)30-3/h4-13H,14-16H2,1-3H3.